The second-order valence-electron chi connectivity index (χ2n) is 5.70. The highest BCUT2D eigenvalue weighted by atomic mass is 32.1. The number of ether oxygens (including phenoxy) is 2. The van der Waals surface area contributed by atoms with Crippen LogP contribution in [-0.4, -0.2) is 36.6 Å². The van der Waals surface area contributed by atoms with Gasteiger partial charge in [0.05, 0.1) is 31.3 Å². The van der Waals surface area contributed by atoms with Crippen molar-refractivity contribution in [3.63, 3.8) is 0 Å². The first-order valence-corrected chi connectivity index (χ1v) is 9.37. The van der Waals surface area contributed by atoms with Crippen molar-refractivity contribution in [1.82, 2.24) is 15.1 Å². The van der Waals surface area contributed by atoms with Crippen molar-refractivity contribution >= 4 is 23.1 Å². The van der Waals surface area contributed by atoms with Crippen LogP contribution in [0.15, 0.2) is 52.6 Å². The van der Waals surface area contributed by atoms with Crippen molar-refractivity contribution < 1.29 is 14.3 Å². The Hall–Kier alpha value is -3.33. The summed E-state index contributed by atoms with van der Waals surface area (Å²) in [6.45, 7) is 0.496. The van der Waals surface area contributed by atoms with Crippen LogP contribution in [0.1, 0.15) is 0 Å². The molecule has 0 saturated heterocycles. The molecule has 0 atom stereocenters. The molecule has 0 aliphatic heterocycles. The van der Waals surface area contributed by atoms with Gasteiger partial charge in [-0.3, -0.25) is 4.79 Å². The zero-order valence-electron chi connectivity index (χ0n) is 15.5. The minimum Gasteiger partial charge on any atom is -0.497 e. The number of nitrogens with zero attached hydrogens (tertiary/aromatic N) is 2. The second kappa shape index (κ2) is 9.05. The maximum absolute atomic E-state index is 12.1. The lowest BCUT2D eigenvalue weighted by atomic mass is 10.2. The fraction of sp³-hybridized carbons (Fsp3) is 0.211. The Morgan fingerprint density at radius 3 is 2.75 bits per heavy atom. The summed E-state index contributed by atoms with van der Waals surface area (Å²) in [4.78, 5) is 25.1. The van der Waals surface area contributed by atoms with E-state index in [1.807, 2.05) is 17.5 Å². The molecule has 146 valence electrons. The van der Waals surface area contributed by atoms with Gasteiger partial charge in [0.1, 0.15) is 17.2 Å². The Balaban J connectivity index is 1.59. The number of hydrogen-bond acceptors (Lipinski definition) is 6. The third kappa shape index (κ3) is 4.68. The van der Waals surface area contributed by atoms with Crippen LogP contribution < -0.4 is 25.7 Å². The van der Waals surface area contributed by atoms with Crippen LogP contribution >= 0.6 is 11.3 Å². The van der Waals surface area contributed by atoms with E-state index in [0.29, 0.717) is 17.2 Å². The molecule has 2 heterocycles. The van der Waals surface area contributed by atoms with Gasteiger partial charge >= 0.3 is 6.03 Å². The van der Waals surface area contributed by atoms with Gasteiger partial charge in [0.25, 0.3) is 5.56 Å². The molecule has 2 N–H and O–H groups in total. The van der Waals surface area contributed by atoms with Crippen molar-refractivity contribution in [3.05, 3.63) is 58.2 Å². The third-order valence-electron chi connectivity index (χ3n) is 3.91. The molecular weight excluding hydrogens is 380 g/mol. The SMILES string of the molecule is COc1ccc(NC(=O)NCCn2nc(-c3cccs3)ccc2=O)c(OC)c1. The Morgan fingerprint density at radius 2 is 2.04 bits per heavy atom. The van der Waals surface area contributed by atoms with Crippen LogP contribution in [-0.2, 0) is 6.54 Å². The van der Waals surface area contributed by atoms with E-state index in [0.717, 1.165) is 10.6 Å². The van der Waals surface area contributed by atoms with Gasteiger partial charge in [0, 0.05) is 18.7 Å². The zero-order valence-corrected chi connectivity index (χ0v) is 16.3. The molecule has 8 nitrogen and oxygen atoms in total. The molecule has 0 fully saturated rings. The van der Waals surface area contributed by atoms with Crippen LogP contribution in [0.25, 0.3) is 10.6 Å². The molecule has 0 radical (unpaired) electrons. The average molecular weight is 400 g/mol. The highest BCUT2D eigenvalue weighted by Crippen LogP contribution is 2.28. The van der Waals surface area contributed by atoms with Crippen LogP contribution in [0.3, 0.4) is 0 Å². The van der Waals surface area contributed by atoms with Crippen molar-refractivity contribution in [2.75, 3.05) is 26.1 Å². The fourth-order valence-corrected chi connectivity index (χ4v) is 3.20. The summed E-state index contributed by atoms with van der Waals surface area (Å²) in [6.07, 6.45) is 0. The largest absolute Gasteiger partial charge is 0.497 e. The molecule has 2 amide bonds. The Bertz CT molecular complexity index is 1000. The number of benzene rings is 1. The molecule has 1 aromatic carbocycles. The lowest BCUT2D eigenvalue weighted by Crippen LogP contribution is -2.34. The summed E-state index contributed by atoms with van der Waals surface area (Å²) in [6, 6.07) is 11.7. The van der Waals surface area contributed by atoms with E-state index in [1.165, 1.54) is 17.9 Å². The molecule has 3 rings (SSSR count). The molecule has 0 saturated carbocycles. The summed E-state index contributed by atoms with van der Waals surface area (Å²) in [5.41, 5.74) is 1.01. The van der Waals surface area contributed by atoms with Crippen molar-refractivity contribution in [2.45, 2.75) is 6.54 Å². The van der Waals surface area contributed by atoms with E-state index >= 15 is 0 Å². The third-order valence-corrected chi connectivity index (χ3v) is 4.80. The molecular formula is C19H20N4O4S. The first-order chi connectivity index (χ1) is 13.6. The van der Waals surface area contributed by atoms with E-state index < -0.39 is 6.03 Å². The second-order valence-corrected chi connectivity index (χ2v) is 6.65. The van der Waals surface area contributed by atoms with Gasteiger partial charge in [-0.15, -0.1) is 11.3 Å². The summed E-state index contributed by atoms with van der Waals surface area (Å²) in [5, 5.41) is 11.7. The maximum atomic E-state index is 12.1. The Kier molecular flexibility index (Phi) is 6.28. The fourth-order valence-electron chi connectivity index (χ4n) is 2.51. The van der Waals surface area contributed by atoms with Gasteiger partial charge < -0.3 is 20.1 Å². The van der Waals surface area contributed by atoms with E-state index in [2.05, 4.69) is 15.7 Å². The lowest BCUT2D eigenvalue weighted by Gasteiger charge is -2.12. The van der Waals surface area contributed by atoms with Crippen LogP contribution in [0.5, 0.6) is 11.5 Å². The number of thiophene rings is 1. The molecule has 2 aromatic heterocycles. The lowest BCUT2D eigenvalue weighted by molar-refractivity contribution is 0.251. The predicted molar refractivity (Wildman–Crippen MR) is 108 cm³/mol. The summed E-state index contributed by atoms with van der Waals surface area (Å²) in [5.74, 6) is 1.11. The van der Waals surface area contributed by atoms with E-state index in [1.54, 1.807) is 42.7 Å². The van der Waals surface area contributed by atoms with Gasteiger partial charge in [-0.05, 0) is 29.6 Å². The molecule has 0 unspecified atom stereocenters. The molecule has 0 bridgehead atoms. The quantitative estimate of drug-likeness (QED) is 0.636. The Labute approximate surface area is 165 Å². The molecule has 3 aromatic rings. The van der Waals surface area contributed by atoms with Gasteiger partial charge in [-0.2, -0.15) is 5.10 Å². The molecule has 0 aliphatic carbocycles. The minimum atomic E-state index is -0.411. The number of anilines is 1. The van der Waals surface area contributed by atoms with E-state index in [4.69, 9.17) is 9.47 Å². The minimum absolute atomic E-state index is 0.223. The number of carbonyl (C=O) groups is 1. The number of carbonyl (C=O) groups excluding carboxylic acids is 1. The molecule has 0 aliphatic rings. The Morgan fingerprint density at radius 1 is 1.18 bits per heavy atom. The number of aromatic nitrogens is 2. The maximum Gasteiger partial charge on any atom is 0.319 e. The van der Waals surface area contributed by atoms with Crippen molar-refractivity contribution in [2.24, 2.45) is 0 Å². The van der Waals surface area contributed by atoms with E-state index in [-0.39, 0.29) is 18.6 Å². The van der Waals surface area contributed by atoms with Gasteiger partial charge in [0.15, 0.2) is 0 Å². The molecule has 9 heteroatoms. The van der Waals surface area contributed by atoms with Gasteiger partial charge in [-0.1, -0.05) is 6.07 Å². The van der Waals surface area contributed by atoms with E-state index in [9.17, 15) is 9.59 Å². The van der Waals surface area contributed by atoms with Crippen LogP contribution in [0.4, 0.5) is 10.5 Å². The smallest absolute Gasteiger partial charge is 0.319 e. The van der Waals surface area contributed by atoms with Crippen LogP contribution in [0, 0.1) is 0 Å². The first kappa shape index (κ1) is 19.4. The highest BCUT2D eigenvalue weighted by Gasteiger charge is 2.09. The number of nitrogens with one attached hydrogen (secondary N) is 2. The van der Waals surface area contributed by atoms with Crippen molar-refractivity contribution in [1.29, 1.82) is 0 Å². The monoisotopic (exact) mass is 400 g/mol. The van der Waals surface area contributed by atoms with Gasteiger partial charge in [-0.25, -0.2) is 9.48 Å². The topological polar surface area (TPSA) is 94.5 Å². The first-order valence-electron chi connectivity index (χ1n) is 8.49. The summed E-state index contributed by atoms with van der Waals surface area (Å²) >= 11 is 1.55. The highest BCUT2D eigenvalue weighted by molar-refractivity contribution is 7.13. The average Bonchev–Trinajstić information content (AvgIpc) is 3.24. The van der Waals surface area contributed by atoms with Crippen LogP contribution in [0.2, 0.25) is 0 Å². The number of urea groups is 1. The molecule has 28 heavy (non-hydrogen) atoms. The zero-order chi connectivity index (χ0) is 19.9. The normalized spacial score (nSPS) is 10.4. The number of hydrogen-bond donors (Lipinski definition) is 2. The molecule has 0 spiro atoms. The summed E-state index contributed by atoms with van der Waals surface area (Å²) in [7, 11) is 3.06. The predicted octanol–water partition coefficient (Wildman–Crippen LogP) is 2.81. The number of methoxy groups -OCH3 is 2. The summed E-state index contributed by atoms with van der Waals surface area (Å²) < 4.78 is 11.7. The van der Waals surface area contributed by atoms with Crippen molar-refractivity contribution in [3.8, 4) is 22.1 Å². The van der Waals surface area contributed by atoms with Gasteiger partial charge in [0.2, 0.25) is 0 Å². The number of amides is 2. The standard InChI is InChI=1S/C19H20N4O4S/c1-26-13-5-6-14(16(12-13)27-2)21-19(25)20-9-10-23-18(24)8-7-15(22-23)17-4-3-11-28-17/h3-8,11-12H,9-10H2,1-2H3,(H2,20,21,25). The number of rotatable bonds is 7.